The molecular formula is C18H22BrN3. The van der Waals surface area contributed by atoms with Gasteiger partial charge in [-0.25, -0.2) is 0 Å². The predicted octanol–water partition coefficient (Wildman–Crippen LogP) is 3.54. The normalized spacial score (nSPS) is 17.9. The van der Waals surface area contributed by atoms with Crippen molar-refractivity contribution in [1.82, 2.24) is 15.2 Å². The molecule has 3 rings (SSSR count). The molecule has 116 valence electrons. The van der Waals surface area contributed by atoms with Gasteiger partial charge in [-0.2, -0.15) is 0 Å². The number of rotatable bonds is 3. The predicted molar refractivity (Wildman–Crippen MR) is 94.0 cm³/mol. The fraction of sp³-hybridized carbons (Fsp3) is 0.389. The molecule has 1 atom stereocenters. The van der Waals surface area contributed by atoms with Crippen molar-refractivity contribution < 1.29 is 0 Å². The fourth-order valence-corrected chi connectivity index (χ4v) is 3.36. The number of nitrogens with one attached hydrogen (secondary N) is 1. The average molecular weight is 360 g/mol. The van der Waals surface area contributed by atoms with Gasteiger partial charge in [-0.05, 0) is 49.2 Å². The van der Waals surface area contributed by atoms with E-state index < -0.39 is 0 Å². The largest absolute Gasteiger partial charge is 0.315 e. The van der Waals surface area contributed by atoms with Crippen molar-refractivity contribution in [3.05, 3.63) is 63.9 Å². The summed E-state index contributed by atoms with van der Waals surface area (Å²) >= 11 is 3.53. The van der Waals surface area contributed by atoms with Gasteiger partial charge >= 0.3 is 0 Å². The minimum absolute atomic E-state index is 0.231. The van der Waals surface area contributed by atoms with E-state index in [4.69, 9.17) is 4.98 Å². The lowest BCUT2D eigenvalue weighted by Gasteiger charge is -2.31. The topological polar surface area (TPSA) is 28.2 Å². The highest BCUT2D eigenvalue weighted by atomic mass is 79.9. The highest BCUT2D eigenvalue weighted by Crippen LogP contribution is 2.30. The highest BCUT2D eigenvalue weighted by Gasteiger charge is 2.25. The third-order valence-corrected chi connectivity index (χ3v) is 4.76. The van der Waals surface area contributed by atoms with Crippen molar-refractivity contribution in [2.75, 3.05) is 26.2 Å². The SMILES string of the molecule is Cc1cccnc1C(c1ccc(Br)cc1)N1CCCNCC1. The molecule has 3 nitrogen and oxygen atoms in total. The molecule has 22 heavy (non-hydrogen) atoms. The second-order valence-corrected chi connectivity index (χ2v) is 6.71. The third-order valence-electron chi connectivity index (χ3n) is 4.23. The molecule has 2 aromatic rings. The Morgan fingerprint density at radius 2 is 1.95 bits per heavy atom. The minimum Gasteiger partial charge on any atom is -0.315 e. The van der Waals surface area contributed by atoms with Crippen molar-refractivity contribution >= 4 is 15.9 Å². The van der Waals surface area contributed by atoms with Crippen LogP contribution in [0.4, 0.5) is 0 Å². The second-order valence-electron chi connectivity index (χ2n) is 5.80. The van der Waals surface area contributed by atoms with Gasteiger partial charge < -0.3 is 5.32 Å². The molecule has 0 spiro atoms. The summed E-state index contributed by atoms with van der Waals surface area (Å²) in [5.41, 5.74) is 3.74. The smallest absolute Gasteiger partial charge is 0.0779 e. The van der Waals surface area contributed by atoms with Crippen LogP contribution in [0.2, 0.25) is 0 Å². The van der Waals surface area contributed by atoms with E-state index in [0.29, 0.717) is 0 Å². The Hall–Kier alpha value is -1.23. The summed E-state index contributed by atoms with van der Waals surface area (Å²) in [4.78, 5) is 7.26. The van der Waals surface area contributed by atoms with Crippen LogP contribution in [0.5, 0.6) is 0 Å². The summed E-state index contributed by atoms with van der Waals surface area (Å²) in [5, 5.41) is 3.49. The number of hydrogen-bond donors (Lipinski definition) is 1. The molecule has 1 N–H and O–H groups in total. The molecule has 1 aliphatic heterocycles. The van der Waals surface area contributed by atoms with Gasteiger partial charge in [0.2, 0.25) is 0 Å². The molecule has 0 amide bonds. The van der Waals surface area contributed by atoms with Crippen molar-refractivity contribution in [3.63, 3.8) is 0 Å². The second kappa shape index (κ2) is 7.36. The zero-order chi connectivity index (χ0) is 15.4. The number of aromatic nitrogens is 1. The van der Waals surface area contributed by atoms with Crippen LogP contribution >= 0.6 is 15.9 Å². The lowest BCUT2D eigenvalue weighted by atomic mass is 9.98. The minimum atomic E-state index is 0.231. The lowest BCUT2D eigenvalue weighted by Crippen LogP contribution is -2.33. The molecule has 0 bridgehead atoms. The Kier molecular flexibility index (Phi) is 5.24. The van der Waals surface area contributed by atoms with E-state index in [1.165, 1.54) is 23.2 Å². The molecule has 2 heterocycles. The molecule has 1 aromatic heterocycles. The number of aryl methyl sites for hydroxylation is 1. The average Bonchev–Trinajstić information content (AvgIpc) is 2.80. The first-order chi connectivity index (χ1) is 10.8. The Bertz CT molecular complexity index is 604. The summed E-state index contributed by atoms with van der Waals surface area (Å²) in [6.07, 6.45) is 3.09. The summed E-state index contributed by atoms with van der Waals surface area (Å²) < 4.78 is 1.12. The molecule has 1 saturated heterocycles. The van der Waals surface area contributed by atoms with Crippen LogP contribution in [0.1, 0.15) is 29.3 Å². The molecule has 1 aromatic carbocycles. The molecule has 0 aliphatic carbocycles. The van der Waals surface area contributed by atoms with Crippen molar-refractivity contribution in [2.45, 2.75) is 19.4 Å². The summed E-state index contributed by atoms with van der Waals surface area (Å²) in [5.74, 6) is 0. The molecular weight excluding hydrogens is 338 g/mol. The number of benzene rings is 1. The third kappa shape index (κ3) is 3.57. The van der Waals surface area contributed by atoms with E-state index in [9.17, 15) is 0 Å². The van der Waals surface area contributed by atoms with Crippen LogP contribution in [0.15, 0.2) is 47.1 Å². The van der Waals surface area contributed by atoms with Crippen molar-refractivity contribution in [3.8, 4) is 0 Å². The first-order valence-corrected chi connectivity index (χ1v) is 8.67. The zero-order valence-electron chi connectivity index (χ0n) is 12.9. The lowest BCUT2D eigenvalue weighted by molar-refractivity contribution is 0.236. The van der Waals surface area contributed by atoms with E-state index in [1.54, 1.807) is 0 Å². The van der Waals surface area contributed by atoms with Crippen LogP contribution < -0.4 is 5.32 Å². The number of hydrogen-bond acceptors (Lipinski definition) is 3. The van der Waals surface area contributed by atoms with E-state index >= 15 is 0 Å². The molecule has 0 radical (unpaired) electrons. The van der Waals surface area contributed by atoms with E-state index in [1.807, 2.05) is 12.3 Å². The van der Waals surface area contributed by atoms with Gasteiger partial charge in [-0.3, -0.25) is 9.88 Å². The van der Waals surface area contributed by atoms with Gasteiger partial charge in [-0.15, -0.1) is 0 Å². The van der Waals surface area contributed by atoms with Gasteiger partial charge in [0.1, 0.15) is 0 Å². The fourth-order valence-electron chi connectivity index (χ4n) is 3.10. The molecule has 0 saturated carbocycles. The summed E-state index contributed by atoms with van der Waals surface area (Å²) in [7, 11) is 0. The number of halogens is 1. The Morgan fingerprint density at radius 1 is 1.14 bits per heavy atom. The zero-order valence-corrected chi connectivity index (χ0v) is 14.5. The monoisotopic (exact) mass is 359 g/mol. The quantitative estimate of drug-likeness (QED) is 0.908. The van der Waals surface area contributed by atoms with Crippen LogP contribution in [-0.2, 0) is 0 Å². The van der Waals surface area contributed by atoms with E-state index in [-0.39, 0.29) is 6.04 Å². The van der Waals surface area contributed by atoms with Gasteiger partial charge in [0.05, 0.1) is 11.7 Å². The number of nitrogens with zero attached hydrogens (tertiary/aromatic N) is 2. The maximum atomic E-state index is 4.71. The van der Waals surface area contributed by atoms with Gasteiger partial charge in [0, 0.05) is 30.3 Å². The maximum Gasteiger partial charge on any atom is 0.0779 e. The van der Waals surface area contributed by atoms with Crippen LogP contribution in [0, 0.1) is 6.92 Å². The van der Waals surface area contributed by atoms with Gasteiger partial charge in [0.25, 0.3) is 0 Å². The molecule has 1 fully saturated rings. The van der Waals surface area contributed by atoms with Crippen molar-refractivity contribution in [1.29, 1.82) is 0 Å². The Labute approximate surface area is 140 Å². The highest BCUT2D eigenvalue weighted by molar-refractivity contribution is 9.10. The standard InChI is InChI=1S/C18H22BrN3/c1-14-4-2-10-21-17(14)18(15-5-7-16(19)8-6-15)22-12-3-9-20-11-13-22/h2,4-8,10,18,20H,3,9,11-13H2,1H3. The molecule has 4 heteroatoms. The van der Waals surface area contributed by atoms with Gasteiger partial charge in [0.15, 0.2) is 0 Å². The van der Waals surface area contributed by atoms with E-state index in [2.05, 4.69) is 63.4 Å². The van der Waals surface area contributed by atoms with E-state index in [0.717, 1.165) is 30.7 Å². The number of pyridine rings is 1. The summed E-state index contributed by atoms with van der Waals surface area (Å²) in [6.45, 7) is 6.45. The van der Waals surface area contributed by atoms with Crippen LogP contribution in [0.3, 0.4) is 0 Å². The first-order valence-electron chi connectivity index (χ1n) is 7.87. The first kappa shape index (κ1) is 15.7. The van der Waals surface area contributed by atoms with Crippen LogP contribution in [0.25, 0.3) is 0 Å². The van der Waals surface area contributed by atoms with Crippen molar-refractivity contribution in [2.24, 2.45) is 0 Å². The van der Waals surface area contributed by atoms with Gasteiger partial charge in [-0.1, -0.05) is 34.1 Å². The Balaban J connectivity index is 2.01. The summed E-state index contributed by atoms with van der Waals surface area (Å²) in [6, 6.07) is 13.1. The molecule has 1 aliphatic rings. The van der Waals surface area contributed by atoms with Crippen LogP contribution in [-0.4, -0.2) is 36.1 Å². The maximum absolute atomic E-state index is 4.71. The molecule has 1 unspecified atom stereocenters. The Morgan fingerprint density at radius 3 is 2.73 bits per heavy atom.